The first-order chi connectivity index (χ1) is 12.9. The van der Waals surface area contributed by atoms with Gasteiger partial charge in [-0.2, -0.15) is 0 Å². The summed E-state index contributed by atoms with van der Waals surface area (Å²) >= 11 is 6.93. The van der Waals surface area contributed by atoms with Crippen molar-refractivity contribution in [2.75, 3.05) is 6.61 Å². The highest BCUT2D eigenvalue weighted by Gasteiger charge is 2.24. The molecule has 0 saturated carbocycles. The number of aromatic amines is 1. The first kappa shape index (κ1) is 19.1. The summed E-state index contributed by atoms with van der Waals surface area (Å²) in [5, 5.41) is 3.56. The number of halogens is 1. The second-order valence-corrected chi connectivity index (χ2v) is 7.67. The zero-order chi connectivity index (χ0) is 19.4. The molecule has 6 nitrogen and oxygen atoms in total. The summed E-state index contributed by atoms with van der Waals surface area (Å²) in [6, 6.07) is 9.97. The van der Waals surface area contributed by atoms with Crippen molar-refractivity contribution in [3.8, 4) is 0 Å². The van der Waals surface area contributed by atoms with E-state index in [4.69, 9.17) is 16.3 Å². The summed E-state index contributed by atoms with van der Waals surface area (Å²) in [6.45, 7) is 0.925. The van der Waals surface area contributed by atoms with Gasteiger partial charge < -0.3 is 15.0 Å². The molecule has 3 rings (SSSR count). The number of hydrogen-bond acceptors (Lipinski definition) is 5. The van der Waals surface area contributed by atoms with Crippen LogP contribution in [0.1, 0.15) is 22.2 Å². The predicted octanol–water partition coefficient (Wildman–Crippen LogP) is 3.36. The van der Waals surface area contributed by atoms with E-state index in [1.54, 1.807) is 18.3 Å². The number of nitrogens with one attached hydrogen (secondary N) is 2. The minimum Gasteiger partial charge on any atom is -0.456 e. The van der Waals surface area contributed by atoms with Crippen LogP contribution in [0.3, 0.4) is 0 Å². The molecule has 0 fully saturated rings. The van der Waals surface area contributed by atoms with Crippen molar-refractivity contribution >= 4 is 51.5 Å². The van der Waals surface area contributed by atoms with Gasteiger partial charge in [0.05, 0.1) is 9.21 Å². The summed E-state index contributed by atoms with van der Waals surface area (Å²) in [6.07, 6.45) is 2.05. The summed E-state index contributed by atoms with van der Waals surface area (Å²) in [4.78, 5) is 39.6. The third kappa shape index (κ3) is 4.75. The molecular weight excluding hydrogens is 388 g/mol. The van der Waals surface area contributed by atoms with Gasteiger partial charge in [0.2, 0.25) is 11.7 Å². The van der Waals surface area contributed by atoms with E-state index in [9.17, 15) is 14.4 Å². The number of Topliss-reactive ketones (excluding diaryl/α,β-unsaturated/α-hetero) is 1. The Kier molecular flexibility index (Phi) is 5.93. The highest BCUT2D eigenvalue weighted by atomic mass is 35.5. The molecule has 2 heterocycles. The monoisotopic (exact) mass is 404 g/mol. The Morgan fingerprint density at radius 1 is 1.22 bits per heavy atom. The summed E-state index contributed by atoms with van der Waals surface area (Å²) < 4.78 is 5.63. The molecule has 3 aromatic rings. The normalized spacial score (nSPS) is 11.9. The van der Waals surface area contributed by atoms with Crippen LogP contribution in [0.4, 0.5) is 0 Å². The molecule has 0 aliphatic rings. The maximum Gasteiger partial charge on any atom is 0.329 e. The van der Waals surface area contributed by atoms with Crippen molar-refractivity contribution in [2.45, 2.75) is 19.4 Å². The standard InChI is InChI=1S/C19H17ClN2O4S/c1-11(23)22-15(8-12-9-21-14-5-3-2-4-13(12)14)19(25)26-10-16(24)17-6-7-18(20)27-17/h2-7,9,15,21H,8,10H2,1H3,(H,22,23)/t15-/m1/s1. The molecular formula is C19H17ClN2O4S. The van der Waals surface area contributed by atoms with Crippen LogP contribution in [0.25, 0.3) is 10.9 Å². The van der Waals surface area contributed by atoms with Crippen LogP contribution in [0, 0.1) is 0 Å². The third-order valence-electron chi connectivity index (χ3n) is 3.95. The number of fused-ring (bicyclic) bond motifs is 1. The number of esters is 1. The van der Waals surface area contributed by atoms with E-state index in [0.29, 0.717) is 9.21 Å². The molecule has 1 amide bonds. The number of benzene rings is 1. The lowest BCUT2D eigenvalue weighted by molar-refractivity contribution is -0.146. The maximum atomic E-state index is 12.5. The van der Waals surface area contributed by atoms with E-state index in [1.807, 2.05) is 24.3 Å². The van der Waals surface area contributed by atoms with Crippen molar-refractivity contribution in [3.05, 3.63) is 57.4 Å². The number of rotatable bonds is 7. The Morgan fingerprint density at radius 2 is 2.00 bits per heavy atom. The van der Waals surface area contributed by atoms with Crippen LogP contribution in [0.15, 0.2) is 42.6 Å². The number of thiophene rings is 1. The van der Waals surface area contributed by atoms with E-state index >= 15 is 0 Å². The average Bonchev–Trinajstić information content (AvgIpc) is 3.25. The van der Waals surface area contributed by atoms with Crippen molar-refractivity contribution in [1.82, 2.24) is 10.3 Å². The summed E-state index contributed by atoms with van der Waals surface area (Å²) in [5.41, 5.74) is 1.81. The number of hydrogen-bond donors (Lipinski definition) is 2. The molecule has 27 heavy (non-hydrogen) atoms. The summed E-state index contributed by atoms with van der Waals surface area (Å²) in [5.74, 6) is -1.35. The molecule has 140 valence electrons. The number of aromatic nitrogens is 1. The van der Waals surface area contributed by atoms with Crippen molar-refractivity contribution in [3.63, 3.8) is 0 Å². The number of H-pyrrole nitrogens is 1. The van der Waals surface area contributed by atoms with Crippen LogP contribution in [-0.2, 0) is 20.7 Å². The van der Waals surface area contributed by atoms with E-state index in [1.165, 1.54) is 6.92 Å². The lowest BCUT2D eigenvalue weighted by Gasteiger charge is -2.16. The van der Waals surface area contributed by atoms with Gasteiger partial charge in [0.25, 0.3) is 0 Å². The number of carbonyl (C=O) groups excluding carboxylic acids is 3. The van der Waals surface area contributed by atoms with E-state index in [0.717, 1.165) is 27.8 Å². The zero-order valence-corrected chi connectivity index (χ0v) is 16.0. The number of para-hydroxylation sites is 1. The first-order valence-electron chi connectivity index (χ1n) is 8.21. The van der Waals surface area contributed by atoms with Crippen LogP contribution in [0.2, 0.25) is 4.34 Å². The van der Waals surface area contributed by atoms with Gasteiger partial charge in [-0.05, 0) is 23.8 Å². The van der Waals surface area contributed by atoms with Gasteiger partial charge in [0.1, 0.15) is 6.04 Å². The highest BCUT2D eigenvalue weighted by Crippen LogP contribution is 2.22. The van der Waals surface area contributed by atoms with Crippen molar-refractivity contribution in [1.29, 1.82) is 0 Å². The van der Waals surface area contributed by atoms with E-state index in [2.05, 4.69) is 10.3 Å². The Bertz CT molecular complexity index is 994. The Morgan fingerprint density at radius 3 is 2.70 bits per heavy atom. The molecule has 1 atom stereocenters. The molecule has 0 radical (unpaired) electrons. The Balaban J connectivity index is 1.69. The minimum atomic E-state index is -0.888. The molecule has 0 bridgehead atoms. The van der Waals surface area contributed by atoms with Crippen LogP contribution >= 0.6 is 22.9 Å². The second kappa shape index (κ2) is 8.37. The van der Waals surface area contributed by atoms with Gasteiger partial charge in [0, 0.05) is 30.4 Å². The first-order valence-corrected chi connectivity index (χ1v) is 9.40. The fourth-order valence-electron chi connectivity index (χ4n) is 2.73. The van der Waals surface area contributed by atoms with Gasteiger partial charge in [-0.25, -0.2) is 4.79 Å². The number of ketones is 1. The fraction of sp³-hybridized carbons (Fsp3) is 0.211. The highest BCUT2D eigenvalue weighted by molar-refractivity contribution is 7.18. The smallest absolute Gasteiger partial charge is 0.329 e. The van der Waals surface area contributed by atoms with E-state index < -0.39 is 18.6 Å². The second-order valence-electron chi connectivity index (χ2n) is 5.95. The van der Waals surface area contributed by atoms with Crippen molar-refractivity contribution in [2.24, 2.45) is 0 Å². The van der Waals surface area contributed by atoms with Gasteiger partial charge in [-0.15, -0.1) is 11.3 Å². The Hall–Kier alpha value is -2.64. The molecule has 1 aromatic carbocycles. The quantitative estimate of drug-likeness (QED) is 0.467. The van der Waals surface area contributed by atoms with Gasteiger partial charge in [-0.1, -0.05) is 29.8 Å². The number of amides is 1. The predicted molar refractivity (Wildman–Crippen MR) is 104 cm³/mol. The topological polar surface area (TPSA) is 88.3 Å². The number of ether oxygens (including phenoxy) is 1. The lowest BCUT2D eigenvalue weighted by Crippen LogP contribution is -2.42. The molecule has 0 spiro atoms. The van der Waals surface area contributed by atoms with Crippen LogP contribution in [-0.4, -0.2) is 35.3 Å². The molecule has 0 aliphatic carbocycles. The largest absolute Gasteiger partial charge is 0.456 e. The van der Waals surface area contributed by atoms with Gasteiger partial charge >= 0.3 is 5.97 Å². The number of carbonyl (C=O) groups is 3. The summed E-state index contributed by atoms with van der Waals surface area (Å²) in [7, 11) is 0. The molecule has 2 N–H and O–H groups in total. The molecule has 0 unspecified atom stereocenters. The maximum absolute atomic E-state index is 12.5. The molecule has 8 heteroatoms. The Labute approximate surface area is 164 Å². The SMILES string of the molecule is CC(=O)N[C@H](Cc1c[nH]c2ccccc12)C(=O)OCC(=O)c1ccc(Cl)s1. The lowest BCUT2D eigenvalue weighted by atomic mass is 10.0. The van der Waals surface area contributed by atoms with Gasteiger partial charge in [-0.3, -0.25) is 9.59 Å². The molecule has 0 saturated heterocycles. The van der Waals surface area contributed by atoms with Crippen LogP contribution < -0.4 is 5.32 Å². The molecule has 2 aromatic heterocycles. The van der Waals surface area contributed by atoms with Crippen molar-refractivity contribution < 1.29 is 19.1 Å². The average molecular weight is 405 g/mol. The van der Waals surface area contributed by atoms with Crippen LogP contribution in [0.5, 0.6) is 0 Å². The fourth-order valence-corrected chi connectivity index (χ4v) is 3.70. The van der Waals surface area contributed by atoms with E-state index in [-0.39, 0.29) is 18.1 Å². The molecule has 0 aliphatic heterocycles. The third-order valence-corrected chi connectivity index (χ3v) is 5.23. The zero-order valence-electron chi connectivity index (χ0n) is 14.5. The minimum absolute atomic E-state index is 0.251. The van der Waals surface area contributed by atoms with Gasteiger partial charge in [0.15, 0.2) is 6.61 Å².